The number of nitrogens with zero attached hydrogens (tertiary/aromatic N) is 1. The summed E-state index contributed by atoms with van der Waals surface area (Å²) < 4.78 is 6.54. The maximum absolute atomic E-state index is 12.8. The molecule has 1 saturated heterocycles. The predicted octanol–water partition coefficient (Wildman–Crippen LogP) is 6.62. The highest BCUT2D eigenvalue weighted by Gasteiger charge is 2.37. The second-order valence-corrected chi connectivity index (χ2v) is 9.75. The molecule has 2 aliphatic rings. The van der Waals surface area contributed by atoms with E-state index in [0.717, 1.165) is 22.8 Å². The molecule has 2 fully saturated rings. The molecule has 4 rings (SSSR count). The monoisotopic (exact) mass is 435 g/mol. The normalized spacial score (nSPS) is 20.0. The SMILES string of the molecule is O=C1/C(=C\c2ccc(Sc3ccc(Cl)cc3)o2)SC(=S)N1C1CCCCC1. The van der Waals surface area contributed by atoms with Gasteiger partial charge in [0.15, 0.2) is 5.09 Å². The molecule has 27 heavy (non-hydrogen) atoms. The van der Waals surface area contributed by atoms with E-state index in [1.807, 2.05) is 41.3 Å². The van der Waals surface area contributed by atoms with Crippen molar-refractivity contribution in [1.82, 2.24) is 4.90 Å². The van der Waals surface area contributed by atoms with Gasteiger partial charge in [0.2, 0.25) is 0 Å². The van der Waals surface area contributed by atoms with Crippen LogP contribution < -0.4 is 0 Å². The van der Waals surface area contributed by atoms with Crippen LogP contribution in [0.5, 0.6) is 0 Å². The topological polar surface area (TPSA) is 33.5 Å². The average molecular weight is 436 g/mol. The predicted molar refractivity (Wildman–Crippen MR) is 116 cm³/mol. The third-order valence-corrected chi connectivity index (χ3v) is 7.18. The molecule has 2 aromatic rings. The van der Waals surface area contributed by atoms with Gasteiger partial charge in [-0.25, -0.2) is 0 Å². The fourth-order valence-electron chi connectivity index (χ4n) is 3.35. The van der Waals surface area contributed by atoms with E-state index >= 15 is 0 Å². The fourth-order valence-corrected chi connectivity index (χ4v) is 5.63. The molecule has 0 unspecified atom stereocenters. The van der Waals surface area contributed by atoms with Gasteiger partial charge in [-0.15, -0.1) is 0 Å². The molecule has 0 radical (unpaired) electrons. The zero-order chi connectivity index (χ0) is 18.8. The van der Waals surface area contributed by atoms with Crippen molar-refractivity contribution < 1.29 is 9.21 Å². The van der Waals surface area contributed by atoms with Crippen LogP contribution in [0.4, 0.5) is 0 Å². The lowest BCUT2D eigenvalue weighted by atomic mass is 9.94. The molecule has 0 bridgehead atoms. The zero-order valence-corrected chi connectivity index (χ0v) is 17.7. The van der Waals surface area contributed by atoms with Crippen LogP contribution in [0.3, 0.4) is 0 Å². The van der Waals surface area contributed by atoms with Gasteiger partial charge < -0.3 is 4.42 Å². The van der Waals surface area contributed by atoms with Crippen molar-refractivity contribution in [3.63, 3.8) is 0 Å². The summed E-state index contributed by atoms with van der Waals surface area (Å²) in [6.07, 6.45) is 7.48. The van der Waals surface area contributed by atoms with Crippen LogP contribution in [-0.4, -0.2) is 21.2 Å². The summed E-state index contributed by atoms with van der Waals surface area (Å²) in [5.74, 6) is 0.677. The van der Waals surface area contributed by atoms with E-state index < -0.39 is 0 Å². The second kappa shape index (κ2) is 8.43. The maximum atomic E-state index is 12.8. The summed E-state index contributed by atoms with van der Waals surface area (Å²) in [5, 5.41) is 1.48. The first-order valence-corrected chi connectivity index (χ1v) is 11.3. The number of thioether (sulfide) groups is 1. The van der Waals surface area contributed by atoms with Crippen LogP contribution in [0.25, 0.3) is 6.08 Å². The number of halogens is 1. The van der Waals surface area contributed by atoms with Gasteiger partial charge in [0.1, 0.15) is 10.1 Å². The second-order valence-electron chi connectivity index (χ2n) is 6.56. The van der Waals surface area contributed by atoms with E-state index in [4.69, 9.17) is 28.2 Å². The molecular formula is C20H18ClNO2S3. The summed E-state index contributed by atoms with van der Waals surface area (Å²) in [6, 6.07) is 11.6. The van der Waals surface area contributed by atoms with Crippen LogP contribution in [-0.2, 0) is 4.79 Å². The van der Waals surface area contributed by atoms with Crippen LogP contribution >= 0.6 is 47.3 Å². The molecule has 1 aromatic heterocycles. The Bertz CT molecular complexity index is 885. The van der Waals surface area contributed by atoms with Crippen molar-refractivity contribution in [3.05, 3.63) is 52.1 Å². The van der Waals surface area contributed by atoms with Crippen molar-refractivity contribution in [2.24, 2.45) is 0 Å². The van der Waals surface area contributed by atoms with E-state index in [2.05, 4.69) is 0 Å². The number of amides is 1. The minimum absolute atomic E-state index is 0.0141. The number of benzene rings is 1. The Morgan fingerprint density at radius 2 is 1.89 bits per heavy atom. The minimum atomic E-state index is 0.0141. The number of carbonyl (C=O) groups is 1. The summed E-state index contributed by atoms with van der Waals surface area (Å²) in [6.45, 7) is 0. The first-order valence-electron chi connectivity index (χ1n) is 8.90. The van der Waals surface area contributed by atoms with Gasteiger partial charge in [-0.3, -0.25) is 9.69 Å². The Labute approximate surface area is 177 Å². The van der Waals surface area contributed by atoms with Crippen molar-refractivity contribution in [3.8, 4) is 0 Å². The lowest BCUT2D eigenvalue weighted by Gasteiger charge is -2.29. The number of rotatable bonds is 4. The van der Waals surface area contributed by atoms with Crippen molar-refractivity contribution in [1.29, 1.82) is 0 Å². The van der Waals surface area contributed by atoms with Crippen molar-refractivity contribution in [2.45, 2.75) is 48.1 Å². The first kappa shape index (κ1) is 19.1. The number of furan rings is 1. The molecule has 1 saturated carbocycles. The van der Waals surface area contributed by atoms with Gasteiger partial charge in [-0.2, -0.15) is 0 Å². The highest BCUT2D eigenvalue weighted by atomic mass is 35.5. The van der Waals surface area contributed by atoms with E-state index in [1.165, 1.54) is 42.8 Å². The standard InChI is InChI=1S/C20H18ClNO2S3/c21-13-6-9-16(10-7-13)26-18-11-8-15(24-18)12-17-19(23)22(20(25)27-17)14-4-2-1-3-5-14/h6-12,14H,1-5H2/b17-12+. The molecule has 0 N–H and O–H groups in total. The van der Waals surface area contributed by atoms with E-state index in [1.54, 1.807) is 6.08 Å². The van der Waals surface area contributed by atoms with Crippen LogP contribution in [0, 0.1) is 0 Å². The molecule has 1 amide bonds. The summed E-state index contributed by atoms with van der Waals surface area (Å²) in [5.41, 5.74) is 0. The van der Waals surface area contributed by atoms with Gasteiger partial charge in [-0.05, 0) is 49.2 Å². The number of thiocarbonyl (C=S) groups is 1. The van der Waals surface area contributed by atoms with Crippen LogP contribution in [0.15, 0.2) is 55.7 Å². The van der Waals surface area contributed by atoms with Gasteiger partial charge in [0, 0.05) is 22.0 Å². The molecule has 0 spiro atoms. The Morgan fingerprint density at radius 3 is 2.63 bits per heavy atom. The number of hydrogen-bond acceptors (Lipinski definition) is 5. The smallest absolute Gasteiger partial charge is 0.266 e. The lowest BCUT2D eigenvalue weighted by Crippen LogP contribution is -2.39. The van der Waals surface area contributed by atoms with Crippen LogP contribution in [0.1, 0.15) is 37.9 Å². The highest BCUT2D eigenvalue weighted by molar-refractivity contribution is 8.26. The van der Waals surface area contributed by atoms with E-state index in [-0.39, 0.29) is 11.9 Å². The molecule has 7 heteroatoms. The third kappa shape index (κ3) is 4.45. The average Bonchev–Trinajstić information content (AvgIpc) is 3.22. The molecule has 2 heterocycles. The van der Waals surface area contributed by atoms with E-state index in [0.29, 0.717) is 20.0 Å². The van der Waals surface area contributed by atoms with Crippen molar-refractivity contribution >= 4 is 63.6 Å². The Kier molecular flexibility index (Phi) is 5.97. The first-order chi connectivity index (χ1) is 13.1. The summed E-state index contributed by atoms with van der Waals surface area (Å²) >= 11 is 14.3. The van der Waals surface area contributed by atoms with Gasteiger partial charge in [-0.1, -0.05) is 66.6 Å². The summed E-state index contributed by atoms with van der Waals surface area (Å²) in [7, 11) is 0. The number of carbonyl (C=O) groups excluding carboxylic acids is 1. The van der Waals surface area contributed by atoms with Gasteiger partial charge >= 0.3 is 0 Å². The van der Waals surface area contributed by atoms with E-state index in [9.17, 15) is 4.79 Å². The molecular weight excluding hydrogens is 418 g/mol. The molecule has 1 aliphatic carbocycles. The molecule has 1 aromatic carbocycles. The molecule has 0 atom stereocenters. The van der Waals surface area contributed by atoms with Crippen molar-refractivity contribution in [2.75, 3.05) is 0 Å². The molecule has 1 aliphatic heterocycles. The minimum Gasteiger partial charge on any atom is -0.450 e. The Morgan fingerprint density at radius 1 is 1.15 bits per heavy atom. The quantitative estimate of drug-likeness (QED) is 0.398. The van der Waals surface area contributed by atoms with Gasteiger partial charge in [0.05, 0.1) is 4.91 Å². The molecule has 140 valence electrons. The van der Waals surface area contributed by atoms with Gasteiger partial charge in [0.25, 0.3) is 5.91 Å². The zero-order valence-electron chi connectivity index (χ0n) is 14.5. The Balaban J connectivity index is 1.47. The fraction of sp³-hybridized carbons (Fsp3) is 0.300. The third-order valence-electron chi connectivity index (χ3n) is 4.67. The highest BCUT2D eigenvalue weighted by Crippen LogP contribution is 2.38. The number of hydrogen-bond donors (Lipinski definition) is 0. The summed E-state index contributed by atoms with van der Waals surface area (Å²) in [4.78, 5) is 16.3. The lowest BCUT2D eigenvalue weighted by molar-refractivity contribution is -0.124. The maximum Gasteiger partial charge on any atom is 0.266 e. The largest absolute Gasteiger partial charge is 0.450 e. The Hall–Kier alpha value is -1.21. The molecule has 3 nitrogen and oxygen atoms in total. The van der Waals surface area contributed by atoms with Crippen LogP contribution in [0.2, 0.25) is 5.02 Å².